The zero-order valence-corrected chi connectivity index (χ0v) is 12.4. The first-order valence-electron chi connectivity index (χ1n) is 7.52. The van der Waals surface area contributed by atoms with E-state index in [0.29, 0.717) is 38.0 Å². The number of rotatable bonds is 6. The van der Waals surface area contributed by atoms with Crippen LogP contribution in [-0.2, 0) is 4.79 Å². The van der Waals surface area contributed by atoms with E-state index in [1.165, 1.54) is 24.3 Å². The van der Waals surface area contributed by atoms with Crippen molar-refractivity contribution in [1.82, 2.24) is 10.2 Å². The van der Waals surface area contributed by atoms with E-state index in [4.69, 9.17) is 5.11 Å². The van der Waals surface area contributed by atoms with Gasteiger partial charge in [0.15, 0.2) is 0 Å². The van der Waals surface area contributed by atoms with Crippen molar-refractivity contribution >= 4 is 11.8 Å². The van der Waals surface area contributed by atoms with E-state index in [2.05, 4.69) is 5.32 Å². The first-order valence-corrected chi connectivity index (χ1v) is 7.52. The molecule has 1 fully saturated rings. The highest BCUT2D eigenvalue weighted by Crippen LogP contribution is 2.16. The number of benzene rings is 1. The van der Waals surface area contributed by atoms with E-state index in [-0.39, 0.29) is 30.2 Å². The maximum atomic E-state index is 12.8. The summed E-state index contributed by atoms with van der Waals surface area (Å²) in [6.45, 7) is 1.85. The van der Waals surface area contributed by atoms with Gasteiger partial charge in [-0.1, -0.05) is 0 Å². The molecule has 1 unspecified atom stereocenters. The number of carbonyl (C=O) groups is 2. The molecule has 0 aromatic heterocycles. The van der Waals surface area contributed by atoms with Crippen LogP contribution >= 0.6 is 0 Å². The Bertz CT molecular complexity index is 519. The van der Waals surface area contributed by atoms with Crippen LogP contribution in [0.25, 0.3) is 0 Å². The molecule has 6 heteroatoms. The monoisotopic (exact) mass is 308 g/mol. The molecule has 1 aromatic carbocycles. The average Bonchev–Trinajstić information content (AvgIpc) is 3.01. The van der Waals surface area contributed by atoms with Gasteiger partial charge in [-0.3, -0.25) is 9.59 Å². The van der Waals surface area contributed by atoms with Crippen molar-refractivity contribution in [2.45, 2.75) is 19.3 Å². The van der Waals surface area contributed by atoms with E-state index in [1.807, 2.05) is 0 Å². The normalized spacial score (nSPS) is 17.5. The van der Waals surface area contributed by atoms with E-state index >= 15 is 0 Å². The lowest BCUT2D eigenvalue weighted by Gasteiger charge is -2.16. The summed E-state index contributed by atoms with van der Waals surface area (Å²) in [7, 11) is 0. The van der Waals surface area contributed by atoms with Crippen molar-refractivity contribution in [1.29, 1.82) is 0 Å². The number of amides is 2. The molecule has 5 nitrogen and oxygen atoms in total. The molecule has 1 aliphatic rings. The number of carbonyl (C=O) groups excluding carboxylic acids is 2. The van der Waals surface area contributed by atoms with Crippen LogP contribution in [0.15, 0.2) is 24.3 Å². The molecule has 0 saturated carbocycles. The number of hydrogen-bond donors (Lipinski definition) is 2. The summed E-state index contributed by atoms with van der Waals surface area (Å²) in [5.74, 6) is -0.392. The summed E-state index contributed by atoms with van der Waals surface area (Å²) in [5, 5.41) is 11.8. The summed E-state index contributed by atoms with van der Waals surface area (Å²) < 4.78 is 12.8. The highest BCUT2D eigenvalue weighted by Gasteiger charge is 2.24. The summed E-state index contributed by atoms with van der Waals surface area (Å²) in [6.07, 6.45) is 1.79. The van der Waals surface area contributed by atoms with E-state index in [1.54, 1.807) is 4.90 Å². The highest BCUT2D eigenvalue weighted by molar-refractivity contribution is 5.94. The van der Waals surface area contributed by atoms with Gasteiger partial charge in [0.1, 0.15) is 5.82 Å². The van der Waals surface area contributed by atoms with Crippen LogP contribution in [-0.4, -0.2) is 48.1 Å². The molecule has 2 N–H and O–H groups in total. The Morgan fingerprint density at radius 1 is 1.32 bits per heavy atom. The average molecular weight is 308 g/mol. The fourth-order valence-electron chi connectivity index (χ4n) is 2.51. The molecule has 1 heterocycles. The van der Waals surface area contributed by atoms with Gasteiger partial charge in [-0.15, -0.1) is 0 Å². The molecule has 22 heavy (non-hydrogen) atoms. The van der Waals surface area contributed by atoms with Crippen molar-refractivity contribution in [2.75, 3.05) is 26.2 Å². The quantitative estimate of drug-likeness (QED) is 0.775. The van der Waals surface area contributed by atoms with Crippen LogP contribution in [0.5, 0.6) is 0 Å². The lowest BCUT2D eigenvalue weighted by molar-refractivity contribution is -0.130. The van der Waals surface area contributed by atoms with Crippen molar-refractivity contribution in [3.05, 3.63) is 35.6 Å². The number of aliphatic hydroxyl groups excluding tert-OH is 1. The van der Waals surface area contributed by atoms with Crippen LogP contribution in [0, 0.1) is 11.7 Å². The fourth-order valence-corrected chi connectivity index (χ4v) is 2.51. The van der Waals surface area contributed by atoms with Crippen LogP contribution < -0.4 is 5.32 Å². The standard InChI is InChI=1S/C16H21FN2O3/c17-14-5-3-13(4-6-14)16(22)18-8-1-2-15(21)19-9-7-12(10-19)11-20/h3-6,12,20H,1-2,7-11H2,(H,18,22). The summed E-state index contributed by atoms with van der Waals surface area (Å²) in [6, 6.07) is 5.33. The smallest absolute Gasteiger partial charge is 0.251 e. The Kier molecular flexibility index (Phi) is 5.89. The van der Waals surface area contributed by atoms with Crippen molar-refractivity contribution in [2.24, 2.45) is 5.92 Å². The first-order chi connectivity index (χ1) is 10.6. The molecule has 2 rings (SSSR count). The molecule has 120 valence electrons. The molecule has 0 aliphatic carbocycles. The Hall–Kier alpha value is -1.95. The summed E-state index contributed by atoms with van der Waals surface area (Å²) in [5.41, 5.74) is 0.401. The maximum absolute atomic E-state index is 12.8. The molecule has 0 bridgehead atoms. The Morgan fingerprint density at radius 2 is 2.05 bits per heavy atom. The Labute approximate surface area is 129 Å². The molecular weight excluding hydrogens is 287 g/mol. The minimum absolute atomic E-state index is 0.0620. The van der Waals surface area contributed by atoms with Gasteiger partial charge in [-0.05, 0) is 37.1 Å². The number of likely N-dealkylation sites (tertiary alicyclic amines) is 1. The van der Waals surface area contributed by atoms with E-state index < -0.39 is 0 Å². The first kappa shape index (κ1) is 16.4. The summed E-state index contributed by atoms with van der Waals surface area (Å²) in [4.78, 5) is 25.5. The lowest BCUT2D eigenvalue weighted by atomic mass is 10.1. The number of nitrogens with zero attached hydrogens (tertiary/aromatic N) is 1. The SMILES string of the molecule is O=C(NCCCC(=O)N1CCC(CO)C1)c1ccc(F)cc1. The second-order valence-electron chi connectivity index (χ2n) is 5.54. The largest absolute Gasteiger partial charge is 0.396 e. The third kappa shape index (κ3) is 4.53. The van der Waals surface area contributed by atoms with Gasteiger partial charge >= 0.3 is 0 Å². The molecular formula is C16H21FN2O3. The van der Waals surface area contributed by atoms with Crippen molar-refractivity contribution in [3.8, 4) is 0 Å². The van der Waals surface area contributed by atoms with Gasteiger partial charge in [0, 0.05) is 44.1 Å². The van der Waals surface area contributed by atoms with Gasteiger partial charge in [0.05, 0.1) is 0 Å². The van der Waals surface area contributed by atoms with Crippen LogP contribution in [0.1, 0.15) is 29.6 Å². The highest BCUT2D eigenvalue weighted by atomic mass is 19.1. The predicted molar refractivity (Wildman–Crippen MR) is 79.7 cm³/mol. The zero-order chi connectivity index (χ0) is 15.9. The molecule has 1 saturated heterocycles. The molecule has 1 aromatic rings. The van der Waals surface area contributed by atoms with Gasteiger partial charge in [0.25, 0.3) is 5.91 Å². The number of hydrogen-bond acceptors (Lipinski definition) is 3. The number of halogens is 1. The van der Waals surface area contributed by atoms with Gasteiger partial charge < -0.3 is 15.3 Å². The fraction of sp³-hybridized carbons (Fsp3) is 0.500. The lowest BCUT2D eigenvalue weighted by Crippen LogP contribution is -2.30. The van der Waals surface area contributed by atoms with Gasteiger partial charge in [-0.25, -0.2) is 4.39 Å². The Morgan fingerprint density at radius 3 is 2.68 bits per heavy atom. The molecule has 2 amide bonds. The predicted octanol–water partition coefficient (Wildman–Crippen LogP) is 1.18. The maximum Gasteiger partial charge on any atom is 0.251 e. The second-order valence-corrected chi connectivity index (χ2v) is 5.54. The van der Waals surface area contributed by atoms with E-state index in [9.17, 15) is 14.0 Å². The van der Waals surface area contributed by atoms with Crippen LogP contribution in [0.2, 0.25) is 0 Å². The van der Waals surface area contributed by atoms with Crippen LogP contribution in [0.4, 0.5) is 4.39 Å². The molecule has 0 radical (unpaired) electrons. The van der Waals surface area contributed by atoms with Gasteiger partial charge in [-0.2, -0.15) is 0 Å². The van der Waals surface area contributed by atoms with E-state index in [0.717, 1.165) is 6.42 Å². The third-order valence-corrected chi connectivity index (χ3v) is 3.86. The minimum atomic E-state index is -0.381. The molecule has 1 atom stereocenters. The third-order valence-electron chi connectivity index (χ3n) is 3.86. The van der Waals surface area contributed by atoms with Crippen molar-refractivity contribution < 1.29 is 19.1 Å². The summed E-state index contributed by atoms with van der Waals surface area (Å²) >= 11 is 0. The van der Waals surface area contributed by atoms with Gasteiger partial charge in [0.2, 0.25) is 5.91 Å². The number of nitrogens with one attached hydrogen (secondary N) is 1. The van der Waals surface area contributed by atoms with Crippen molar-refractivity contribution in [3.63, 3.8) is 0 Å². The number of aliphatic hydroxyl groups is 1. The topological polar surface area (TPSA) is 69.6 Å². The Balaban J connectivity index is 1.65. The molecule has 0 spiro atoms. The zero-order valence-electron chi connectivity index (χ0n) is 12.4. The van der Waals surface area contributed by atoms with Crippen LogP contribution in [0.3, 0.4) is 0 Å². The second kappa shape index (κ2) is 7.89. The minimum Gasteiger partial charge on any atom is -0.396 e. The molecule has 1 aliphatic heterocycles.